The molecule has 1 aliphatic rings. The van der Waals surface area contributed by atoms with E-state index in [-0.39, 0.29) is 30.5 Å². The van der Waals surface area contributed by atoms with Gasteiger partial charge in [0.05, 0.1) is 11.3 Å². The molecule has 0 saturated carbocycles. The average molecular weight is 272 g/mol. The molecule has 0 bridgehead atoms. The van der Waals surface area contributed by atoms with E-state index in [9.17, 15) is 18.0 Å². The Morgan fingerprint density at radius 1 is 1.42 bits per heavy atom. The van der Waals surface area contributed by atoms with E-state index in [0.717, 1.165) is 6.07 Å². The number of anilines is 1. The van der Waals surface area contributed by atoms with Crippen molar-refractivity contribution in [2.45, 2.75) is 19.5 Å². The molecule has 1 amide bonds. The Morgan fingerprint density at radius 3 is 2.63 bits per heavy atom. The predicted molar refractivity (Wildman–Crippen MR) is 65.7 cm³/mol. The summed E-state index contributed by atoms with van der Waals surface area (Å²) in [7, 11) is 0. The Kier molecular flexibility index (Phi) is 3.54. The Morgan fingerprint density at radius 2 is 2.11 bits per heavy atom. The second kappa shape index (κ2) is 4.85. The number of hydrogen-bond acceptors (Lipinski definition) is 2. The Hall–Kier alpha value is -1.56. The second-order valence-electron chi connectivity index (χ2n) is 4.78. The van der Waals surface area contributed by atoms with Crippen molar-refractivity contribution in [2.75, 3.05) is 18.0 Å². The van der Waals surface area contributed by atoms with Gasteiger partial charge in [-0.2, -0.15) is 13.2 Å². The lowest BCUT2D eigenvalue weighted by Gasteiger charge is -2.23. The highest BCUT2D eigenvalue weighted by Gasteiger charge is 2.39. The van der Waals surface area contributed by atoms with E-state index in [1.807, 2.05) is 0 Å². The molecule has 1 atom stereocenters. The molecule has 1 saturated heterocycles. The number of halogens is 3. The number of nitrogens with two attached hydrogens (primary N) is 1. The smallest absolute Gasteiger partial charge is 0.330 e. The molecule has 2 N–H and O–H groups in total. The lowest BCUT2D eigenvalue weighted by Crippen LogP contribution is -2.29. The summed E-state index contributed by atoms with van der Waals surface area (Å²) in [5, 5.41) is 0. The summed E-state index contributed by atoms with van der Waals surface area (Å²) in [6.45, 7) is 2.13. The van der Waals surface area contributed by atoms with Crippen molar-refractivity contribution in [1.82, 2.24) is 0 Å². The van der Waals surface area contributed by atoms with Crippen LogP contribution < -0.4 is 10.6 Å². The fraction of sp³-hybridized carbons (Fsp3) is 0.462. The molecule has 1 aromatic carbocycles. The summed E-state index contributed by atoms with van der Waals surface area (Å²) >= 11 is 0. The minimum atomic E-state index is -4.47. The molecule has 1 unspecified atom stereocenters. The summed E-state index contributed by atoms with van der Waals surface area (Å²) in [5.41, 5.74) is 5.15. The molecule has 19 heavy (non-hydrogen) atoms. The summed E-state index contributed by atoms with van der Waals surface area (Å²) in [6, 6.07) is 3.93. The minimum absolute atomic E-state index is 0.0315. The van der Waals surface area contributed by atoms with Gasteiger partial charge in [-0.25, -0.2) is 0 Å². The van der Waals surface area contributed by atoms with Gasteiger partial charge in [0.25, 0.3) is 0 Å². The van der Waals surface area contributed by atoms with Gasteiger partial charge in [-0.3, -0.25) is 4.79 Å². The van der Waals surface area contributed by atoms with Gasteiger partial charge in [0.15, 0.2) is 0 Å². The van der Waals surface area contributed by atoms with E-state index >= 15 is 0 Å². The van der Waals surface area contributed by atoms with E-state index in [2.05, 4.69) is 0 Å². The third-order valence-electron chi connectivity index (χ3n) is 3.35. The highest BCUT2D eigenvalue weighted by molar-refractivity contribution is 5.97. The van der Waals surface area contributed by atoms with Gasteiger partial charge >= 0.3 is 6.18 Å². The number of para-hydroxylation sites is 1. The summed E-state index contributed by atoms with van der Waals surface area (Å²) < 4.78 is 39.1. The van der Waals surface area contributed by atoms with Crippen molar-refractivity contribution in [1.29, 1.82) is 0 Å². The number of amides is 1. The molecule has 104 valence electrons. The van der Waals surface area contributed by atoms with E-state index in [4.69, 9.17) is 5.73 Å². The molecule has 1 aliphatic heterocycles. The summed E-state index contributed by atoms with van der Waals surface area (Å²) in [4.78, 5) is 13.1. The van der Waals surface area contributed by atoms with Crippen LogP contribution in [0.15, 0.2) is 18.2 Å². The van der Waals surface area contributed by atoms with Crippen LogP contribution in [0.3, 0.4) is 0 Å². The van der Waals surface area contributed by atoms with Crippen LogP contribution in [0.5, 0.6) is 0 Å². The van der Waals surface area contributed by atoms with Crippen molar-refractivity contribution in [2.24, 2.45) is 11.7 Å². The molecular weight excluding hydrogens is 257 g/mol. The topological polar surface area (TPSA) is 46.3 Å². The van der Waals surface area contributed by atoms with Crippen LogP contribution in [0.4, 0.5) is 18.9 Å². The number of alkyl halides is 3. The molecule has 1 fully saturated rings. The predicted octanol–water partition coefficient (Wildman–Crippen LogP) is 2.33. The maximum absolute atomic E-state index is 13.0. The van der Waals surface area contributed by atoms with Gasteiger partial charge in [0, 0.05) is 13.0 Å². The highest BCUT2D eigenvalue weighted by Crippen LogP contribution is 2.40. The molecular formula is C13H15F3N2O. The number of carbonyl (C=O) groups is 1. The van der Waals surface area contributed by atoms with Gasteiger partial charge in [0.2, 0.25) is 5.91 Å². The standard InChI is InChI=1S/C13H15F3N2O/c1-8-3-2-4-10(13(14,15)16)12(8)18-7-9(6-17)5-11(18)19/h2-4,9H,5-7,17H2,1H3. The quantitative estimate of drug-likeness (QED) is 0.898. The van der Waals surface area contributed by atoms with E-state index < -0.39 is 11.7 Å². The van der Waals surface area contributed by atoms with Gasteiger partial charge in [0.1, 0.15) is 0 Å². The molecule has 0 aliphatic carbocycles. The Balaban J connectivity index is 2.48. The van der Waals surface area contributed by atoms with Gasteiger partial charge in [-0.1, -0.05) is 12.1 Å². The molecule has 0 radical (unpaired) electrons. The number of benzene rings is 1. The van der Waals surface area contributed by atoms with Crippen molar-refractivity contribution in [3.63, 3.8) is 0 Å². The third-order valence-corrected chi connectivity index (χ3v) is 3.35. The first-order valence-corrected chi connectivity index (χ1v) is 6.02. The summed E-state index contributed by atoms with van der Waals surface area (Å²) in [5.74, 6) is -0.372. The maximum atomic E-state index is 13.0. The van der Waals surface area contributed by atoms with Crippen molar-refractivity contribution >= 4 is 11.6 Å². The lowest BCUT2D eigenvalue weighted by atomic mass is 10.1. The second-order valence-corrected chi connectivity index (χ2v) is 4.78. The molecule has 0 aromatic heterocycles. The van der Waals surface area contributed by atoms with Crippen molar-refractivity contribution in [3.8, 4) is 0 Å². The van der Waals surface area contributed by atoms with E-state index in [0.29, 0.717) is 12.1 Å². The molecule has 0 spiro atoms. The Labute approximate surface area is 109 Å². The first-order valence-electron chi connectivity index (χ1n) is 6.02. The first kappa shape index (κ1) is 13.9. The highest BCUT2D eigenvalue weighted by atomic mass is 19.4. The van der Waals surface area contributed by atoms with Crippen LogP contribution in [-0.2, 0) is 11.0 Å². The normalized spacial score (nSPS) is 20.2. The zero-order valence-electron chi connectivity index (χ0n) is 10.5. The molecule has 1 aromatic rings. The number of hydrogen-bond donors (Lipinski definition) is 1. The van der Waals surface area contributed by atoms with E-state index in [1.165, 1.54) is 11.0 Å². The largest absolute Gasteiger partial charge is 0.418 e. The monoisotopic (exact) mass is 272 g/mol. The molecule has 1 heterocycles. The van der Waals surface area contributed by atoms with Crippen LogP contribution in [0, 0.1) is 12.8 Å². The van der Waals surface area contributed by atoms with Crippen LogP contribution in [0.2, 0.25) is 0 Å². The van der Waals surface area contributed by atoms with Gasteiger partial charge in [-0.15, -0.1) is 0 Å². The fourth-order valence-electron chi connectivity index (χ4n) is 2.40. The SMILES string of the molecule is Cc1cccc(C(F)(F)F)c1N1CC(CN)CC1=O. The number of rotatable bonds is 2. The van der Waals surface area contributed by atoms with Crippen molar-refractivity contribution < 1.29 is 18.0 Å². The maximum Gasteiger partial charge on any atom is 0.418 e. The van der Waals surface area contributed by atoms with Crippen LogP contribution in [-0.4, -0.2) is 19.0 Å². The fourth-order valence-corrected chi connectivity index (χ4v) is 2.40. The Bertz CT molecular complexity index is 499. The third kappa shape index (κ3) is 2.58. The lowest BCUT2D eigenvalue weighted by molar-refractivity contribution is -0.137. The zero-order valence-corrected chi connectivity index (χ0v) is 10.5. The molecule has 6 heteroatoms. The number of carbonyl (C=O) groups excluding carboxylic acids is 1. The van der Waals surface area contributed by atoms with Gasteiger partial charge in [-0.05, 0) is 31.0 Å². The van der Waals surface area contributed by atoms with Crippen LogP contribution >= 0.6 is 0 Å². The minimum Gasteiger partial charge on any atom is -0.330 e. The summed E-state index contributed by atoms with van der Waals surface area (Å²) in [6.07, 6.45) is -4.26. The zero-order chi connectivity index (χ0) is 14.2. The number of aryl methyl sites for hydroxylation is 1. The number of nitrogens with zero attached hydrogens (tertiary/aromatic N) is 1. The molecule has 2 rings (SSSR count). The van der Waals surface area contributed by atoms with Crippen LogP contribution in [0.1, 0.15) is 17.5 Å². The average Bonchev–Trinajstić information content (AvgIpc) is 2.69. The van der Waals surface area contributed by atoms with Crippen LogP contribution in [0.25, 0.3) is 0 Å². The first-order chi connectivity index (χ1) is 8.84. The van der Waals surface area contributed by atoms with Gasteiger partial charge < -0.3 is 10.6 Å². The van der Waals surface area contributed by atoms with E-state index in [1.54, 1.807) is 13.0 Å². The molecule has 3 nitrogen and oxygen atoms in total. The van der Waals surface area contributed by atoms with Crippen molar-refractivity contribution in [3.05, 3.63) is 29.3 Å².